The Labute approximate surface area is 103 Å². The molecule has 0 aromatic rings. The van der Waals surface area contributed by atoms with Crippen molar-refractivity contribution in [2.75, 3.05) is 0 Å². The van der Waals surface area contributed by atoms with Crippen molar-refractivity contribution in [1.82, 2.24) is 0 Å². The van der Waals surface area contributed by atoms with Gasteiger partial charge in [-0.2, -0.15) is 9.78 Å². The van der Waals surface area contributed by atoms with Gasteiger partial charge in [-0.25, -0.2) is 0 Å². The second-order valence-electron chi connectivity index (χ2n) is 4.05. The largest absolute Gasteiger partial charge is 0.383 e. The van der Waals surface area contributed by atoms with Crippen LogP contribution in [0.3, 0.4) is 0 Å². The predicted octanol–water partition coefficient (Wildman–Crippen LogP) is -0.714. The fraction of sp³-hybridized carbons (Fsp3) is 0.333. The van der Waals surface area contributed by atoms with Crippen LogP contribution in [0.5, 0.6) is 0 Å². The van der Waals surface area contributed by atoms with E-state index in [2.05, 4.69) is 9.78 Å². The first-order chi connectivity index (χ1) is 8.46. The van der Waals surface area contributed by atoms with Crippen molar-refractivity contribution in [2.45, 2.75) is 23.8 Å². The molecule has 2 aliphatic rings. The molecule has 4 N–H and O–H groups in total. The van der Waals surface area contributed by atoms with Crippen LogP contribution in [0.15, 0.2) is 48.6 Å². The molecule has 0 aromatic heterocycles. The molecule has 6 nitrogen and oxygen atoms in total. The zero-order valence-corrected chi connectivity index (χ0v) is 9.38. The first kappa shape index (κ1) is 13.2. The molecular weight excluding hydrogens is 240 g/mol. The lowest BCUT2D eigenvalue weighted by atomic mass is 10.0. The topological polar surface area (TPSA) is 99.4 Å². The number of hydrogen-bond acceptors (Lipinski definition) is 6. The van der Waals surface area contributed by atoms with Gasteiger partial charge in [0.05, 0.1) is 0 Å². The SMILES string of the molecule is OC1C=CC=CC1(O)OOC1(O)C=CC=CC1O. The Morgan fingerprint density at radius 3 is 1.44 bits per heavy atom. The molecule has 2 aliphatic carbocycles. The van der Waals surface area contributed by atoms with E-state index in [9.17, 15) is 20.4 Å². The summed E-state index contributed by atoms with van der Waals surface area (Å²) in [7, 11) is 0. The lowest BCUT2D eigenvalue weighted by Crippen LogP contribution is -2.49. The van der Waals surface area contributed by atoms with Crippen LogP contribution in [0.25, 0.3) is 0 Å². The maximum atomic E-state index is 9.90. The molecule has 4 unspecified atom stereocenters. The third-order valence-corrected chi connectivity index (χ3v) is 2.64. The van der Waals surface area contributed by atoms with Gasteiger partial charge in [-0.3, -0.25) is 0 Å². The number of aliphatic hydroxyl groups is 4. The second-order valence-corrected chi connectivity index (χ2v) is 4.05. The van der Waals surface area contributed by atoms with Gasteiger partial charge in [-0.05, 0) is 12.2 Å². The van der Waals surface area contributed by atoms with Crippen LogP contribution in [0.2, 0.25) is 0 Å². The summed E-state index contributed by atoms with van der Waals surface area (Å²) in [6.45, 7) is 0. The van der Waals surface area contributed by atoms with Gasteiger partial charge in [-0.15, -0.1) is 0 Å². The van der Waals surface area contributed by atoms with Gasteiger partial charge in [0.2, 0.25) is 11.6 Å². The fourth-order valence-electron chi connectivity index (χ4n) is 1.49. The Kier molecular flexibility index (Phi) is 3.49. The first-order valence-corrected chi connectivity index (χ1v) is 5.36. The van der Waals surface area contributed by atoms with Gasteiger partial charge in [0, 0.05) is 0 Å². The van der Waals surface area contributed by atoms with Gasteiger partial charge in [0.15, 0.2) is 0 Å². The third-order valence-electron chi connectivity index (χ3n) is 2.64. The first-order valence-electron chi connectivity index (χ1n) is 5.36. The lowest BCUT2D eigenvalue weighted by molar-refractivity contribution is -0.488. The number of allylic oxidation sites excluding steroid dienone is 4. The van der Waals surface area contributed by atoms with Crippen molar-refractivity contribution in [3.8, 4) is 0 Å². The van der Waals surface area contributed by atoms with Crippen LogP contribution >= 0.6 is 0 Å². The molecule has 0 aliphatic heterocycles. The molecule has 6 heteroatoms. The zero-order valence-electron chi connectivity index (χ0n) is 9.38. The van der Waals surface area contributed by atoms with Crippen molar-refractivity contribution in [1.29, 1.82) is 0 Å². The Morgan fingerprint density at radius 2 is 1.11 bits per heavy atom. The van der Waals surface area contributed by atoms with Crippen molar-refractivity contribution in [2.24, 2.45) is 0 Å². The van der Waals surface area contributed by atoms with Crippen LogP contribution in [0, 0.1) is 0 Å². The molecule has 98 valence electrons. The van der Waals surface area contributed by atoms with E-state index in [1.807, 2.05) is 0 Å². The summed E-state index contributed by atoms with van der Waals surface area (Å²) in [6.07, 6.45) is 8.18. The summed E-state index contributed by atoms with van der Waals surface area (Å²) < 4.78 is 0. The minimum absolute atomic E-state index is 1.16. The zero-order chi connectivity index (χ0) is 13.2. The predicted molar refractivity (Wildman–Crippen MR) is 60.6 cm³/mol. The molecule has 0 saturated carbocycles. The minimum atomic E-state index is -2.11. The average molecular weight is 254 g/mol. The smallest absolute Gasteiger partial charge is 0.248 e. The second kappa shape index (κ2) is 4.77. The molecule has 0 radical (unpaired) electrons. The third kappa shape index (κ3) is 2.44. The molecule has 0 bridgehead atoms. The van der Waals surface area contributed by atoms with E-state index in [1.54, 1.807) is 0 Å². The van der Waals surface area contributed by atoms with E-state index in [4.69, 9.17) is 0 Å². The standard InChI is InChI=1S/C12H14O6/c13-9-5-1-3-7-11(9,15)17-18-12(16)8-4-2-6-10(12)14/h1-10,13-16H. The van der Waals surface area contributed by atoms with E-state index < -0.39 is 23.8 Å². The van der Waals surface area contributed by atoms with Gasteiger partial charge in [0.25, 0.3) is 0 Å². The summed E-state index contributed by atoms with van der Waals surface area (Å²) in [6, 6.07) is 0. The molecule has 0 spiro atoms. The highest BCUT2D eigenvalue weighted by atomic mass is 17.3. The maximum absolute atomic E-state index is 9.90. The quantitative estimate of drug-likeness (QED) is 0.301. The van der Waals surface area contributed by atoms with Crippen LogP contribution in [0.1, 0.15) is 0 Å². The monoisotopic (exact) mass is 254 g/mol. The van der Waals surface area contributed by atoms with E-state index in [0.29, 0.717) is 0 Å². The highest BCUT2D eigenvalue weighted by Crippen LogP contribution is 2.26. The molecule has 4 atom stereocenters. The summed E-state index contributed by atoms with van der Waals surface area (Å²) in [5, 5.41) is 38.9. The van der Waals surface area contributed by atoms with Gasteiger partial charge in [0.1, 0.15) is 12.2 Å². The van der Waals surface area contributed by atoms with E-state index >= 15 is 0 Å². The van der Waals surface area contributed by atoms with Crippen LogP contribution in [0.4, 0.5) is 0 Å². The van der Waals surface area contributed by atoms with Gasteiger partial charge in [-0.1, -0.05) is 36.5 Å². The molecule has 0 heterocycles. The Hall–Kier alpha value is -1.28. The fourth-order valence-corrected chi connectivity index (χ4v) is 1.49. The van der Waals surface area contributed by atoms with E-state index in [0.717, 1.165) is 12.2 Å². The summed E-state index contributed by atoms with van der Waals surface area (Å²) >= 11 is 0. The van der Waals surface area contributed by atoms with Crippen molar-refractivity contribution in [3.63, 3.8) is 0 Å². The molecule has 0 fully saturated rings. The molecule has 0 saturated heterocycles. The number of hydrogen-bond donors (Lipinski definition) is 4. The van der Waals surface area contributed by atoms with Crippen molar-refractivity contribution < 1.29 is 30.2 Å². The van der Waals surface area contributed by atoms with Gasteiger partial charge >= 0.3 is 0 Å². The van der Waals surface area contributed by atoms with Crippen molar-refractivity contribution in [3.05, 3.63) is 48.6 Å². The normalized spacial score (nSPS) is 42.4. The summed E-state index contributed by atoms with van der Waals surface area (Å²) in [5.41, 5.74) is 0. The average Bonchev–Trinajstić information content (AvgIpc) is 2.35. The molecule has 2 rings (SSSR count). The summed E-state index contributed by atoms with van der Waals surface area (Å²) in [5.74, 6) is -4.22. The lowest BCUT2D eigenvalue weighted by Gasteiger charge is -2.34. The van der Waals surface area contributed by atoms with E-state index in [1.165, 1.54) is 36.5 Å². The minimum Gasteiger partial charge on any atom is -0.383 e. The Bertz CT molecular complexity index is 386. The highest BCUT2D eigenvalue weighted by Gasteiger charge is 2.42. The maximum Gasteiger partial charge on any atom is 0.248 e. The highest BCUT2D eigenvalue weighted by molar-refractivity contribution is 5.20. The molecule has 0 amide bonds. The van der Waals surface area contributed by atoms with Crippen LogP contribution < -0.4 is 0 Å². The van der Waals surface area contributed by atoms with Crippen LogP contribution in [-0.4, -0.2) is 44.2 Å². The van der Waals surface area contributed by atoms with Crippen molar-refractivity contribution >= 4 is 0 Å². The number of aliphatic hydroxyl groups excluding tert-OH is 2. The van der Waals surface area contributed by atoms with Crippen LogP contribution in [-0.2, 0) is 9.78 Å². The summed E-state index contributed by atoms with van der Waals surface area (Å²) in [4.78, 5) is 9.34. The molecule has 18 heavy (non-hydrogen) atoms. The molecular formula is C12H14O6. The Balaban J connectivity index is 2.03. The van der Waals surface area contributed by atoms with Gasteiger partial charge < -0.3 is 20.4 Å². The Morgan fingerprint density at radius 1 is 0.722 bits per heavy atom. The number of rotatable bonds is 3. The molecule has 0 aromatic carbocycles. The van der Waals surface area contributed by atoms with E-state index in [-0.39, 0.29) is 0 Å².